The highest BCUT2D eigenvalue weighted by Crippen LogP contribution is 2.31. The second kappa shape index (κ2) is 28.8. The molecule has 0 spiro atoms. The minimum absolute atomic E-state index is 0.221. The number of carbonyl (C=O) groups is 2. The van der Waals surface area contributed by atoms with E-state index in [4.69, 9.17) is 19.4 Å². The van der Waals surface area contributed by atoms with E-state index in [9.17, 15) is 9.59 Å². The van der Waals surface area contributed by atoms with E-state index in [1.54, 1.807) is 36.9 Å². The summed E-state index contributed by atoms with van der Waals surface area (Å²) in [5.41, 5.74) is 12.2. The monoisotopic (exact) mass is 1050 g/mol. The molecule has 6 heterocycles. The number of pyridine rings is 6. The number of unbranched alkanes of at least 4 members (excludes halogenated alkanes) is 10. The summed E-state index contributed by atoms with van der Waals surface area (Å²) >= 11 is 0. The largest absolute Gasteiger partial charge is 0.462 e. The molecule has 0 aliphatic carbocycles. The normalized spacial score (nSPS) is 10.7. The van der Waals surface area contributed by atoms with Gasteiger partial charge in [0.1, 0.15) is 0 Å². The van der Waals surface area contributed by atoms with Crippen LogP contribution in [0, 0.1) is 23.7 Å². The van der Waals surface area contributed by atoms with Crippen LogP contribution in [0.25, 0.3) is 67.8 Å². The molecule has 0 amide bonds. The van der Waals surface area contributed by atoms with Gasteiger partial charge in [0.05, 0.1) is 69.9 Å². The van der Waals surface area contributed by atoms with E-state index in [0.29, 0.717) is 22.3 Å². The Morgan fingerprint density at radius 3 is 0.988 bits per heavy atom. The summed E-state index contributed by atoms with van der Waals surface area (Å²) in [6, 6.07) is 50.2. The van der Waals surface area contributed by atoms with Gasteiger partial charge in [0, 0.05) is 47.0 Å². The van der Waals surface area contributed by atoms with E-state index in [1.807, 2.05) is 146 Å². The van der Waals surface area contributed by atoms with Crippen molar-refractivity contribution in [1.82, 2.24) is 29.9 Å². The lowest BCUT2D eigenvalue weighted by atomic mass is 9.97. The van der Waals surface area contributed by atoms with Crippen LogP contribution in [0.2, 0.25) is 0 Å². The Morgan fingerprint density at radius 2 is 0.675 bits per heavy atom. The average molecular weight is 1050 g/mol. The fourth-order valence-electron chi connectivity index (χ4n) is 9.14. The number of aromatic nitrogens is 6. The van der Waals surface area contributed by atoms with Crippen molar-refractivity contribution >= 4 is 11.9 Å². The Labute approximate surface area is 470 Å². The van der Waals surface area contributed by atoms with Gasteiger partial charge in [0.15, 0.2) is 0 Å². The molecule has 80 heavy (non-hydrogen) atoms. The minimum Gasteiger partial charge on any atom is -0.462 e. The minimum atomic E-state index is -0.532. The number of carbonyl (C=O) groups excluding carboxylic acids is 2. The van der Waals surface area contributed by atoms with Gasteiger partial charge < -0.3 is 9.47 Å². The predicted octanol–water partition coefficient (Wildman–Crippen LogP) is 15.9. The quantitative estimate of drug-likeness (QED) is 0.0367. The molecule has 0 radical (unpaired) electrons. The van der Waals surface area contributed by atoms with E-state index < -0.39 is 11.9 Å². The molecule has 0 N–H and O–H groups in total. The predicted molar refractivity (Wildman–Crippen MR) is 318 cm³/mol. The number of hydrogen-bond donors (Lipinski definition) is 0. The number of nitrogens with zero attached hydrogens (tertiary/aromatic N) is 6. The van der Waals surface area contributed by atoms with E-state index in [0.717, 1.165) is 132 Å². The standard InChI is InChI=1S/C70H64N6O4/c1-3-5-7-9-11-21-43-79-69(77)59-45-56(38-32-52-29-35-54(36-30-52)58-49-67(63-25-15-19-41-73-63)76-68(50-58)64-26-16-20-42-74-64)60(70(78)80-44-22-12-10-8-6-4-2)46-55(59)37-31-51-27-33-53(34-28-51)57-47-65(61-23-13-17-39-71-61)75-66(48-57)62-24-14-18-40-72-62/h13-20,23-30,33-36,39-42,45-50H,3-12,21-22,43-44H2,1-2H3. The summed E-state index contributed by atoms with van der Waals surface area (Å²) in [6.45, 7) is 4.91. The maximum atomic E-state index is 14.2. The molecule has 6 aromatic heterocycles. The SMILES string of the molecule is CCCCCCCCOC(=O)c1cc(C#Cc2ccc(-c3cc(-c4ccccn4)nc(-c4ccccn4)c3)cc2)c(C(=O)OCCCCCCCC)cc1C#Cc1ccc(-c2cc(-c3ccccn3)nc(-c3ccccn3)c2)cc1. The zero-order valence-corrected chi connectivity index (χ0v) is 45.5. The van der Waals surface area contributed by atoms with Crippen molar-refractivity contribution in [2.45, 2.75) is 90.9 Å². The lowest BCUT2D eigenvalue weighted by Crippen LogP contribution is -2.13. The van der Waals surface area contributed by atoms with Crippen LogP contribution < -0.4 is 0 Å². The van der Waals surface area contributed by atoms with Crippen LogP contribution in [-0.2, 0) is 9.47 Å². The molecule has 10 nitrogen and oxygen atoms in total. The first-order chi connectivity index (χ1) is 39.4. The first kappa shape index (κ1) is 55.4. The molecule has 0 aliphatic rings. The average Bonchev–Trinajstić information content (AvgIpc) is 3.54. The van der Waals surface area contributed by atoms with Crippen LogP contribution in [-0.4, -0.2) is 55.1 Å². The van der Waals surface area contributed by atoms with Crippen molar-refractivity contribution in [1.29, 1.82) is 0 Å². The molecular formula is C70H64N6O4. The fraction of sp³-hybridized carbons (Fsp3) is 0.229. The molecule has 10 heteroatoms. The summed E-state index contributed by atoms with van der Waals surface area (Å²) in [5.74, 6) is 12.0. The van der Waals surface area contributed by atoms with Gasteiger partial charge in [0.25, 0.3) is 0 Å². The number of hydrogen-bond acceptors (Lipinski definition) is 10. The van der Waals surface area contributed by atoms with Crippen molar-refractivity contribution in [2.24, 2.45) is 0 Å². The lowest BCUT2D eigenvalue weighted by molar-refractivity contribution is 0.0482. The van der Waals surface area contributed by atoms with Crippen molar-refractivity contribution in [3.8, 4) is 91.5 Å². The lowest BCUT2D eigenvalue weighted by Gasteiger charge is -2.12. The number of ether oxygens (including phenoxy) is 2. The molecule has 0 unspecified atom stereocenters. The zero-order chi connectivity index (χ0) is 55.1. The topological polar surface area (TPSA) is 130 Å². The Kier molecular flexibility index (Phi) is 20.0. The first-order valence-corrected chi connectivity index (χ1v) is 27.9. The molecule has 0 saturated heterocycles. The Bertz CT molecular complexity index is 3250. The van der Waals surface area contributed by atoms with E-state index in [1.165, 1.54) is 12.8 Å². The van der Waals surface area contributed by atoms with Gasteiger partial charge in [-0.1, -0.05) is 150 Å². The summed E-state index contributed by atoms with van der Waals surface area (Å²) in [6.07, 6.45) is 19.6. The number of esters is 2. The second-order valence-electron chi connectivity index (χ2n) is 19.5. The number of benzene rings is 3. The van der Waals surface area contributed by atoms with E-state index in [-0.39, 0.29) is 24.3 Å². The van der Waals surface area contributed by atoms with Crippen LogP contribution in [0.1, 0.15) is 134 Å². The molecule has 398 valence electrons. The highest BCUT2D eigenvalue weighted by molar-refractivity contribution is 5.98. The Balaban J connectivity index is 1.05. The molecule has 0 bridgehead atoms. The summed E-state index contributed by atoms with van der Waals surface area (Å²) in [4.78, 5) is 56.6. The summed E-state index contributed by atoms with van der Waals surface area (Å²) in [5, 5.41) is 0. The van der Waals surface area contributed by atoms with Crippen LogP contribution >= 0.6 is 0 Å². The summed E-state index contributed by atoms with van der Waals surface area (Å²) in [7, 11) is 0. The Hall–Kier alpha value is -9.38. The van der Waals surface area contributed by atoms with Crippen molar-refractivity contribution in [3.63, 3.8) is 0 Å². The van der Waals surface area contributed by atoms with Crippen molar-refractivity contribution in [2.75, 3.05) is 13.2 Å². The third-order valence-electron chi connectivity index (χ3n) is 13.5. The number of rotatable bonds is 22. The van der Waals surface area contributed by atoms with Crippen LogP contribution in [0.4, 0.5) is 0 Å². The van der Waals surface area contributed by atoms with Crippen molar-refractivity contribution in [3.05, 3.63) is 216 Å². The van der Waals surface area contributed by atoms with Gasteiger partial charge in [0.2, 0.25) is 0 Å². The maximum Gasteiger partial charge on any atom is 0.339 e. The molecule has 0 atom stereocenters. The van der Waals surface area contributed by atoms with Gasteiger partial charge in [-0.2, -0.15) is 0 Å². The maximum absolute atomic E-state index is 14.2. The second-order valence-corrected chi connectivity index (χ2v) is 19.5. The van der Waals surface area contributed by atoms with Gasteiger partial charge in [-0.3, -0.25) is 19.9 Å². The smallest absolute Gasteiger partial charge is 0.339 e. The third-order valence-corrected chi connectivity index (χ3v) is 13.5. The zero-order valence-electron chi connectivity index (χ0n) is 45.5. The molecule has 9 aromatic rings. The van der Waals surface area contributed by atoms with Gasteiger partial charge in [-0.05, 0) is 144 Å². The van der Waals surface area contributed by atoms with Gasteiger partial charge in [-0.15, -0.1) is 0 Å². The molecule has 9 rings (SSSR count). The van der Waals surface area contributed by atoms with Gasteiger partial charge >= 0.3 is 11.9 Å². The molecule has 3 aromatic carbocycles. The van der Waals surface area contributed by atoms with E-state index >= 15 is 0 Å². The third kappa shape index (κ3) is 15.4. The highest BCUT2D eigenvalue weighted by Gasteiger charge is 2.21. The molecule has 0 saturated carbocycles. The van der Waals surface area contributed by atoms with Crippen LogP contribution in [0.15, 0.2) is 183 Å². The van der Waals surface area contributed by atoms with Gasteiger partial charge in [-0.25, -0.2) is 19.6 Å². The van der Waals surface area contributed by atoms with E-state index in [2.05, 4.69) is 57.5 Å². The van der Waals surface area contributed by atoms with Crippen LogP contribution in [0.3, 0.4) is 0 Å². The molecular weight excluding hydrogens is 989 g/mol. The highest BCUT2D eigenvalue weighted by atomic mass is 16.5. The van der Waals surface area contributed by atoms with Crippen molar-refractivity contribution < 1.29 is 19.1 Å². The van der Waals surface area contributed by atoms with Crippen LogP contribution in [0.5, 0.6) is 0 Å². The first-order valence-electron chi connectivity index (χ1n) is 27.9. The molecule has 0 fully saturated rings. The fourth-order valence-corrected chi connectivity index (χ4v) is 9.14. The Morgan fingerprint density at radius 1 is 0.350 bits per heavy atom. The molecule has 0 aliphatic heterocycles. The summed E-state index contributed by atoms with van der Waals surface area (Å²) < 4.78 is 11.9.